The Morgan fingerprint density at radius 2 is 2.00 bits per heavy atom. The van der Waals surface area contributed by atoms with Crippen LogP contribution in [0.25, 0.3) is 10.8 Å². The second kappa shape index (κ2) is 3.35. The van der Waals surface area contributed by atoms with Gasteiger partial charge in [0.15, 0.2) is 0 Å². The number of carboxylic acids is 1. The second-order valence-corrected chi connectivity index (χ2v) is 3.41. The molecule has 0 aliphatic heterocycles. The van der Waals surface area contributed by atoms with Crippen molar-refractivity contribution in [3.05, 3.63) is 47.3 Å². The van der Waals surface area contributed by atoms with Gasteiger partial charge in [0.25, 0.3) is 0 Å². The first-order valence-electron chi connectivity index (χ1n) is 4.52. The summed E-state index contributed by atoms with van der Waals surface area (Å²) < 4.78 is 13.6. The number of benzene rings is 2. The molecule has 1 N–H and O–H groups in total. The van der Waals surface area contributed by atoms with Gasteiger partial charge in [-0.1, -0.05) is 24.3 Å². The highest BCUT2D eigenvalue weighted by atomic mass is 19.1. The SMILES string of the molecule is Cc1cc2ccccc2c(C(=O)O)c1F. The summed E-state index contributed by atoms with van der Waals surface area (Å²) in [7, 11) is 0. The van der Waals surface area contributed by atoms with Gasteiger partial charge in [-0.2, -0.15) is 0 Å². The zero-order chi connectivity index (χ0) is 11.0. The van der Waals surface area contributed by atoms with Crippen molar-refractivity contribution in [3.63, 3.8) is 0 Å². The molecule has 0 amide bonds. The maximum Gasteiger partial charge on any atom is 0.339 e. The molecule has 0 spiro atoms. The van der Waals surface area contributed by atoms with Gasteiger partial charge in [0, 0.05) is 0 Å². The molecule has 0 saturated heterocycles. The summed E-state index contributed by atoms with van der Waals surface area (Å²) in [5.74, 6) is -1.88. The highest BCUT2D eigenvalue weighted by Crippen LogP contribution is 2.24. The number of halogens is 1. The van der Waals surface area contributed by atoms with Gasteiger partial charge in [0.2, 0.25) is 0 Å². The molecule has 76 valence electrons. The lowest BCUT2D eigenvalue weighted by molar-refractivity contribution is 0.0694. The Morgan fingerprint density at radius 3 is 2.67 bits per heavy atom. The van der Waals surface area contributed by atoms with Crippen LogP contribution in [0.4, 0.5) is 4.39 Å². The summed E-state index contributed by atoms with van der Waals surface area (Å²) in [4.78, 5) is 10.9. The average molecular weight is 204 g/mol. The Balaban J connectivity index is 2.95. The molecule has 2 nitrogen and oxygen atoms in total. The van der Waals surface area contributed by atoms with Crippen LogP contribution in [0.15, 0.2) is 30.3 Å². The summed E-state index contributed by atoms with van der Waals surface area (Å²) in [6.45, 7) is 1.56. The lowest BCUT2D eigenvalue weighted by Crippen LogP contribution is -2.03. The Hall–Kier alpha value is -1.90. The molecule has 0 heterocycles. The zero-order valence-electron chi connectivity index (χ0n) is 8.12. The number of hydrogen-bond acceptors (Lipinski definition) is 1. The highest BCUT2D eigenvalue weighted by molar-refractivity contribution is 6.04. The lowest BCUT2D eigenvalue weighted by atomic mass is 10.0. The minimum Gasteiger partial charge on any atom is -0.478 e. The van der Waals surface area contributed by atoms with Crippen LogP contribution in [0.2, 0.25) is 0 Å². The first kappa shape index (κ1) is 9.65. The molecular formula is C12H9FO2. The normalized spacial score (nSPS) is 10.5. The van der Waals surface area contributed by atoms with E-state index in [1.807, 2.05) is 0 Å². The van der Waals surface area contributed by atoms with Crippen LogP contribution in [0.3, 0.4) is 0 Å². The molecule has 0 fully saturated rings. The maximum atomic E-state index is 13.6. The van der Waals surface area contributed by atoms with E-state index in [9.17, 15) is 9.18 Å². The van der Waals surface area contributed by atoms with Gasteiger partial charge in [-0.25, -0.2) is 9.18 Å². The fraction of sp³-hybridized carbons (Fsp3) is 0.0833. The monoisotopic (exact) mass is 204 g/mol. The van der Waals surface area contributed by atoms with Crippen molar-refractivity contribution in [3.8, 4) is 0 Å². The van der Waals surface area contributed by atoms with Crippen LogP contribution in [0, 0.1) is 12.7 Å². The van der Waals surface area contributed by atoms with E-state index in [2.05, 4.69) is 0 Å². The third kappa shape index (κ3) is 1.46. The molecule has 0 aliphatic rings. The lowest BCUT2D eigenvalue weighted by Gasteiger charge is -2.06. The topological polar surface area (TPSA) is 37.3 Å². The molecule has 0 unspecified atom stereocenters. The van der Waals surface area contributed by atoms with E-state index in [0.29, 0.717) is 10.9 Å². The quantitative estimate of drug-likeness (QED) is 0.775. The fourth-order valence-electron chi connectivity index (χ4n) is 1.67. The number of carboxylic acid groups (broad SMARTS) is 1. The predicted molar refractivity (Wildman–Crippen MR) is 55.6 cm³/mol. The number of carbonyl (C=O) groups is 1. The van der Waals surface area contributed by atoms with Gasteiger partial charge in [-0.05, 0) is 29.3 Å². The molecule has 0 aromatic heterocycles. The third-order valence-corrected chi connectivity index (χ3v) is 2.38. The van der Waals surface area contributed by atoms with E-state index >= 15 is 0 Å². The Labute approximate surface area is 86.0 Å². The van der Waals surface area contributed by atoms with Crippen LogP contribution < -0.4 is 0 Å². The van der Waals surface area contributed by atoms with Crippen molar-refractivity contribution >= 4 is 16.7 Å². The molecule has 2 aromatic carbocycles. The molecule has 3 heteroatoms. The van der Waals surface area contributed by atoms with Crippen LogP contribution in [-0.4, -0.2) is 11.1 Å². The first-order chi connectivity index (χ1) is 7.11. The first-order valence-corrected chi connectivity index (χ1v) is 4.52. The fourth-order valence-corrected chi connectivity index (χ4v) is 1.67. The number of aromatic carboxylic acids is 1. The number of aryl methyl sites for hydroxylation is 1. The standard InChI is InChI=1S/C12H9FO2/c1-7-6-8-4-2-3-5-9(8)10(11(7)13)12(14)15/h2-6H,1H3,(H,14,15). The molecule has 0 aliphatic carbocycles. The summed E-state index contributed by atoms with van der Waals surface area (Å²) in [5.41, 5.74) is 0.108. The minimum absolute atomic E-state index is 0.245. The van der Waals surface area contributed by atoms with Crippen LogP contribution >= 0.6 is 0 Å². The van der Waals surface area contributed by atoms with Crippen molar-refractivity contribution < 1.29 is 14.3 Å². The predicted octanol–water partition coefficient (Wildman–Crippen LogP) is 2.99. The molecule has 15 heavy (non-hydrogen) atoms. The molecule has 0 atom stereocenters. The van der Waals surface area contributed by atoms with Gasteiger partial charge >= 0.3 is 5.97 Å². The molecule has 0 saturated carbocycles. The Morgan fingerprint density at radius 1 is 1.33 bits per heavy atom. The largest absolute Gasteiger partial charge is 0.478 e. The van der Waals surface area contributed by atoms with Gasteiger partial charge < -0.3 is 5.11 Å². The Bertz CT molecular complexity index is 547. The summed E-state index contributed by atoms with van der Waals surface area (Å²) in [5, 5.41) is 10.1. The van der Waals surface area contributed by atoms with Crippen molar-refractivity contribution in [2.24, 2.45) is 0 Å². The second-order valence-electron chi connectivity index (χ2n) is 3.41. The van der Waals surface area contributed by atoms with Crippen molar-refractivity contribution in [1.29, 1.82) is 0 Å². The summed E-state index contributed by atoms with van der Waals surface area (Å²) in [6, 6.07) is 8.53. The Kier molecular flexibility index (Phi) is 2.15. The van der Waals surface area contributed by atoms with Crippen molar-refractivity contribution in [2.45, 2.75) is 6.92 Å². The van der Waals surface area contributed by atoms with E-state index in [-0.39, 0.29) is 5.56 Å². The molecular weight excluding hydrogens is 195 g/mol. The van der Waals surface area contributed by atoms with Gasteiger partial charge in [0.05, 0.1) is 0 Å². The van der Waals surface area contributed by atoms with E-state index in [4.69, 9.17) is 5.11 Å². The van der Waals surface area contributed by atoms with Gasteiger partial charge in [0.1, 0.15) is 11.4 Å². The summed E-state index contributed by atoms with van der Waals surface area (Å²) >= 11 is 0. The smallest absolute Gasteiger partial charge is 0.339 e. The van der Waals surface area contributed by atoms with E-state index in [0.717, 1.165) is 5.39 Å². The zero-order valence-corrected chi connectivity index (χ0v) is 8.12. The molecule has 0 bridgehead atoms. The van der Waals surface area contributed by atoms with Crippen LogP contribution in [0.5, 0.6) is 0 Å². The van der Waals surface area contributed by atoms with Crippen molar-refractivity contribution in [1.82, 2.24) is 0 Å². The highest BCUT2D eigenvalue weighted by Gasteiger charge is 2.16. The van der Waals surface area contributed by atoms with E-state index in [1.165, 1.54) is 0 Å². The number of fused-ring (bicyclic) bond motifs is 1. The third-order valence-electron chi connectivity index (χ3n) is 2.38. The molecule has 2 aromatic rings. The number of rotatable bonds is 1. The van der Waals surface area contributed by atoms with Crippen molar-refractivity contribution in [2.75, 3.05) is 0 Å². The van der Waals surface area contributed by atoms with E-state index in [1.54, 1.807) is 37.3 Å². The van der Waals surface area contributed by atoms with Crippen LogP contribution in [-0.2, 0) is 0 Å². The average Bonchev–Trinajstić information content (AvgIpc) is 2.19. The van der Waals surface area contributed by atoms with Gasteiger partial charge in [-0.15, -0.1) is 0 Å². The van der Waals surface area contributed by atoms with E-state index < -0.39 is 11.8 Å². The summed E-state index contributed by atoms with van der Waals surface area (Å²) in [6.07, 6.45) is 0. The maximum absolute atomic E-state index is 13.6. The minimum atomic E-state index is -1.23. The van der Waals surface area contributed by atoms with Gasteiger partial charge in [-0.3, -0.25) is 0 Å². The molecule has 2 rings (SSSR count). The van der Waals surface area contributed by atoms with Crippen LogP contribution in [0.1, 0.15) is 15.9 Å². The number of hydrogen-bond donors (Lipinski definition) is 1. The molecule has 0 radical (unpaired) electrons.